The lowest BCUT2D eigenvalue weighted by Gasteiger charge is -2.37. The Bertz CT molecular complexity index is 953. The van der Waals surface area contributed by atoms with Crippen molar-refractivity contribution in [2.45, 2.75) is 63.2 Å². The highest BCUT2D eigenvalue weighted by Crippen LogP contribution is 2.29. The molecule has 3 aliphatic rings. The third-order valence-corrected chi connectivity index (χ3v) is 9.01. The second kappa shape index (κ2) is 9.91. The number of esters is 1. The molecule has 4 rings (SSSR count). The van der Waals surface area contributed by atoms with Crippen molar-refractivity contribution in [3.05, 3.63) is 29.3 Å². The molecular weight excluding hydrogens is 428 g/mol. The van der Waals surface area contributed by atoms with E-state index in [4.69, 9.17) is 4.74 Å². The van der Waals surface area contributed by atoms with Gasteiger partial charge in [0, 0.05) is 32.1 Å². The Hall–Kier alpha value is -1.93. The van der Waals surface area contributed by atoms with Crippen molar-refractivity contribution in [3.63, 3.8) is 0 Å². The SMILES string of the molecule is CCOC(=O)[C@@H]1CCCN(C(=O)C2CCN(S(=O)(=O)c3ccc4c(c3)CCCC4)CC2)C1. The van der Waals surface area contributed by atoms with Gasteiger partial charge in [0.25, 0.3) is 0 Å². The average molecular weight is 463 g/mol. The van der Waals surface area contributed by atoms with Crippen LogP contribution in [0, 0.1) is 11.8 Å². The molecule has 0 aromatic heterocycles. The minimum atomic E-state index is -3.55. The van der Waals surface area contributed by atoms with E-state index < -0.39 is 10.0 Å². The fraction of sp³-hybridized carbons (Fsp3) is 0.667. The fourth-order valence-electron chi connectivity index (χ4n) is 5.25. The largest absolute Gasteiger partial charge is 0.466 e. The second-order valence-electron chi connectivity index (χ2n) is 9.19. The van der Waals surface area contributed by atoms with Crippen molar-refractivity contribution in [1.82, 2.24) is 9.21 Å². The number of ether oxygens (including phenoxy) is 1. The maximum absolute atomic E-state index is 13.2. The first-order valence-electron chi connectivity index (χ1n) is 12.0. The summed E-state index contributed by atoms with van der Waals surface area (Å²) in [5.41, 5.74) is 2.42. The lowest BCUT2D eigenvalue weighted by Crippen LogP contribution is -2.48. The number of carbonyl (C=O) groups excluding carboxylic acids is 2. The molecule has 0 unspecified atom stereocenters. The molecule has 176 valence electrons. The zero-order valence-corrected chi connectivity index (χ0v) is 19.7. The van der Waals surface area contributed by atoms with E-state index in [0.717, 1.165) is 44.1 Å². The molecule has 0 radical (unpaired) electrons. The molecule has 1 amide bonds. The summed E-state index contributed by atoms with van der Waals surface area (Å²) in [4.78, 5) is 27.3. The summed E-state index contributed by atoms with van der Waals surface area (Å²) < 4.78 is 33.1. The van der Waals surface area contributed by atoms with E-state index in [2.05, 4.69) is 0 Å². The third-order valence-electron chi connectivity index (χ3n) is 7.11. The Balaban J connectivity index is 1.36. The number of hydrogen-bond acceptors (Lipinski definition) is 5. The van der Waals surface area contributed by atoms with Crippen molar-refractivity contribution in [3.8, 4) is 0 Å². The minimum absolute atomic E-state index is 0.0461. The van der Waals surface area contributed by atoms with Crippen LogP contribution in [-0.2, 0) is 37.2 Å². The maximum atomic E-state index is 13.2. The Kier molecular flexibility index (Phi) is 7.20. The number of rotatable bonds is 5. The summed E-state index contributed by atoms with van der Waals surface area (Å²) in [5, 5.41) is 0. The van der Waals surface area contributed by atoms with E-state index in [1.165, 1.54) is 9.87 Å². The summed E-state index contributed by atoms with van der Waals surface area (Å²) in [6.07, 6.45) is 6.82. The highest BCUT2D eigenvalue weighted by atomic mass is 32.2. The molecule has 1 aliphatic carbocycles. The monoisotopic (exact) mass is 462 g/mol. The van der Waals surface area contributed by atoms with Gasteiger partial charge in [-0.3, -0.25) is 9.59 Å². The zero-order chi connectivity index (χ0) is 22.7. The van der Waals surface area contributed by atoms with E-state index >= 15 is 0 Å². The topological polar surface area (TPSA) is 84.0 Å². The van der Waals surface area contributed by atoms with E-state index in [-0.39, 0.29) is 23.7 Å². The molecule has 2 heterocycles. The van der Waals surface area contributed by atoms with Gasteiger partial charge in [0.15, 0.2) is 0 Å². The van der Waals surface area contributed by atoms with Crippen LogP contribution in [0.1, 0.15) is 56.6 Å². The van der Waals surface area contributed by atoms with Crippen LogP contribution in [0.5, 0.6) is 0 Å². The Labute approximate surface area is 191 Å². The van der Waals surface area contributed by atoms with Crippen LogP contribution in [0.25, 0.3) is 0 Å². The summed E-state index contributed by atoms with van der Waals surface area (Å²) >= 11 is 0. The van der Waals surface area contributed by atoms with E-state index in [0.29, 0.717) is 50.5 Å². The Morgan fingerprint density at radius 1 is 0.969 bits per heavy atom. The van der Waals surface area contributed by atoms with Crippen molar-refractivity contribution in [2.75, 3.05) is 32.8 Å². The molecule has 7 nitrogen and oxygen atoms in total. The van der Waals surface area contributed by atoms with Crippen molar-refractivity contribution in [2.24, 2.45) is 11.8 Å². The van der Waals surface area contributed by atoms with Gasteiger partial charge in [0.2, 0.25) is 15.9 Å². The van der Waals surface area contributed by atoms with Gasteiger partial charge in [-0.15, -0.1) is 0 Å². The lowest BCUT2D eigenvalue weighted by molar-refractivity contribution is -0.152. The first-order chi connectivity index (χ1) is 15.4. The molecule has 0 saturated carbocycles. The number of fused-ring (bicyclic) bond motifs is 1. The molecular formula is C24H34N2O5S. The minimum Gasteiger partial charge on any atom is -0.466 e. The highest BCUT2D eigenvalue weighted by Gasteiger charge is 2.36. The van der Waals surface area contributed by atoms with Crippen LogP contribution >= 0.6 is 0 Å². The molecule has 32 heavy (non-hydrogen) atoms. The van der Waals surface area contributed by atoms with Crippen LogP contribution < -0.4 is 0 Å². The number of likely N-dealkylation sites (tertiary alicyclic amines) is 1. The predicted octanol–water partition coefficient (Wildman–Crippen LogP) is 2.77. The van der Waals surface area contributed by atoms with Crippen molar-refractivity contribution >= 4 is 21.9 Å². The van der Waals surface area contributed by atoms with Crippen LogP contribution in [-0.4, -0.2) is 62.3 Å². The van der Waals surface area contributed by atoms with Gasteiger partial charge in [-0.05, 0) is 81.5 Å². The Morgan fingerprint density at radius 3 is 2.41 bits per heavy atom. The number of sulfonamides is 1. The summed E-state index contributed by atoms with van der Waals surface area (Å²) in [6.45, 7) is 3.90. The maximum Gasteiger partial charge on any atom is 0.310 e. The zero-order valence-electron chi connectivity index (χ0n) is 18.9. The summed E-state index contributed by atoms with van der Waals surface area (Å²) in [5.74, 6) is -0.621. The molecule has 2 saturated heterocycles. The smallest absolute Gasteiger partial charge is 0.310 e. The molecule has 0 spiro atoms. The molecule has 1 aromatic carbocycles. The van der Waals surface area contributed by atoms with Gasteiger partial charge in [-0.2, -0.15) is 4.31 Å². The molecule has 2 fully saturated rings. The first-order valence-corrected chi connectivity index (χ1v) is 13.4. The number of hydrogen-bond donors (Lipinski definition) is 0. The van der Waals surface area contributed by atoms with Crippen LogP contribution in [0.3, 0.4) is 0 Å². The van der Waals surface area contributed by atoms with E-state index in [1.54, 1.807) is 17.9 Å². The number of carbonyl (C=O) groups is 2. The van der Waals surface area contributed by atoms with Crippen molar-refractivity contribution < 1.29 is 22.7 Å². The molecule has 0 bridgehead atoms. The lowest BCUT2D eigenvalue weighted by atomic mass is 9.92. The molecule has 8 heteroatoms. The van der Waals surface area contributed by atoms with Crippen molar-refractivity contribution in [1.29, 1.82) is 0 Å². The molecule has 1 aromatic rings. The van der Waals surface area contributed by atoms with Gasteiger partial charge in [0.05, 0.1) is 17.4 Å². The number of nitrogens with zero attached hydrogens (tertiary/aromatic N) is 2. The molecule has 0 N–H and O–H groups in total. The number of aryl methyl sites for hydroxylation is 2. The number of benzene rings is 1. The van der Waals surface area contributed by atoms with Crippen LogP contribution in [0.2, 0.25) is 0 Å². The summed E-state index contributed by atoms with van der Waals surface area (Å²) in [7, 11) is -3.55. The normalized spacial score (nSPS) is 22.9. The second-order valence-corrected chi connectivity index (χ2v) is 11.1. The van der Waals surface area contributed by atoms with Gasteiger partial charge in [-0.1, -0.05) is 6.07 Å². The predicted molar refractivity (Wildman–Crippen MR) is 121 cm³/mol. The van der Waals surface area contributed by atoms with Gasteiger partial charge < -0.3 is 9.64 Å². The molecule has 1 atom stereocenters. The molecule has 2 aliphatic heterocycles. The third kappa shape index (κ3) is 4.86. The number of piperidine rings is 2. The Morgan fingerprint density at radius 2 is 1.69 bits per heavy atom. The quantitative estimate of drug-likeness (QED) is 0.629. The van der Waals surface area contributed by atoms with Crippen LogP contribution in [0.4, 0.5) is 0 Å². The first kappa shape index (κ1) is 23.2. The van der Waals surface area contributed by atoms with E-state index in [1.807, 2.05) is 12.1 Å². The van der Waals surface area contributed by atoms with E-state index in [9.17, 15) is 18.0 Å². The van der Waals surface area contributed by atoms with Gasteiger partial charge in [0.1, 0.15) is 0 Å². The standard InChI is InChI=1S/C24H34N2O5S/c1-2-31-24(28)21-8-5-13-25(17-21)23(27)19-11-14-26(15-12-19)32(29,30)22-10-9-18-6-3-4-7-20(18)16-22/h9-10,16,19,21H,2-8,11-15,17H2,1H3/t21-/m1/s1. The number of amides is 1. The summed E-state index contributed by atoms with van der Waals surface area (Å²) in [6, 6.07) is 5.55. The van der Waals surface area contributed by atoms with Gasteiger partial charge in [-0.25, -0.2) is 8.42 Å². The van der Waals surface area contributed by atoms with Crippen LogP contribution in [0.15, 0.2) is 23.1 Å². The highest BCUT2D eigenvalue weighted by molar-refractivity contribution is 7.89. The average Bonchev–Trinajstić information content (AvgIpc) is 2.83. The van der Waals surface area contributed by atoms with Gasteiger partial charge >= 0.3 is 5.97 Å². The fourth-order valence-corrected chi connectivity index (χ4v) is 6.77.